The van der Waals surface area contributed by atoms with Crippen LogP contribution < -0.4 is 10.9 Å². The highest BCUT2D eigenvalue weighted by Crippen LogP contribution is 2.48. The molecule has 4 N–H and O–H groups in total. The monoisotopic (exact) mass is 419 g/mol. The van der Waals surface area contributed by atoms with Crippen molar-refractivity contribution in [3.8, 4) is 23.2 Å². The molecule has 4 rings (SSSR count). The molecule has 0 spiro atoms. The van der Waals surface area contributed by atoms with Crippen LogP contribution >= 0.6 is 11.3 Å². The van der Waals surface area contributed by atoms with Gasteiger partial charge in [-0.3, -0.25) is 0 Å². The summed E-state index contributed by atoms with van der Waals surface area (Å²) in [5, 5.41) is 13.0. The van der Waals surface area contributed by atoms with Crippen LogP contribution in [-0.4, -0.2) is 31.3 Å². The van der Waals surface area contributed by atoms with Gasteiger partial charge in [-0.05, 0) is 5.16 Å². The zero-order chi connectivity index (χ0) is 19.2. The van der Waals surface area contributed by atoms with Crippen molar-refractivity contribution in [2.75, 3.05) is 0 Å². The van der Waals surface area contributed by atoms with Gasteiger partial charge in [-0.2, -0.15) is 13.2 Å². The van der Waals surface area contributed by atoms with Gasteiger partial charge in [0.15, 0.2) is 17.1 Å². The van der Waals surface area contributed by atoms with Crippen LogP contribution in [0.2, 0.25) is 0 Å². The highest BCUT2D eigenvalue weighted by Gasteiger charge is 2.51. The number of hydrogen-bond donors (Lipinski definition) is 2. The van der Waals surface area contributed by atoms with E-state index in [0.29, 0.717) is 17.0 Å². The number of rotatable bonds is 4. The third-order valence-electron chi connectivity index (χ3n) is 3.95. The lowest BCUT2D eigenvalue weighted by Gasteiger charge is -2.39. The van der Waals surface area contributed by atoms with Crippen molar-refractivity contribution < 1.29 is 31.9 Å². The smallest absolute Gasteiger partial charge is 0.434 e. The number of halogens is 4. The van der Waals surface area contributed by atoms with Crippen molar-refractivity contribution in [1.29, 1.82) is 0 Å². The van der Waals surface area contributed by atoms with Crippen LogP contribution in [0, 0.1) is 0 Å². The van der Waals surface area contributed by atoms with Crippen molar-refractivity contribution in [3.63, 3.8) is 0 Å². The van der Waals surface area contributed by atoms with Crippen LogP contribution in [0.15, 0.2) is 28.4 Å². The van der Waals surface area contributed by atoms with Crippen LogP contribution in [0.4, 0.5) is 17.6 Å². The van der Waals surface area contributed by atoms with Crippen molar-refractivity contribution in [3.05, 3.63) is 34.5 Å². The lowest BCUT2D eigenvalue weighted by molar-refractivity contribution is -0.141. The fourth-order valence-electron chi connectivity index (χ4n) is 2.59. The predicted octanol–water partition coefficient (Wildman–Crippen LogP) is 3.88. The second-order valence-corrected chi connectivity index (χ2v) is 6.80. The van der Waals surface area contributed by atoms with Gasteiger partial charge in [0, 0.05) is 18.2 Å². The van der Waals surface area contributed by atoms with Gasteiger partial charge < -0.3 is 20.5 Å². The minimum Gasteiger partial charge on any atom is -0.491 e. The van der Waals surface area contributed by atoms with E-state index in [-0.39, 0.29) is 41.5 Å². The number of alkyl halides is 4. The van der Waals surface area contributed by atoms with E-state index in [9.17, 15) is 17.6 Å². The minimum absolute atomic E-state index is 0. The second kappa shape index (κ2) is 6.98. The maximum atomic E-state index is 14.7. The van der Waals surface area contributed by atoms with Gasteiger partial charge in [0.1, 0.15) is 16.8 Å². The van der Waals surface area contributed by atoms with E-state index >= 15 is 0 Å². The van der Waals surface area contributed by atoms with E-state index in [1.807, 2.05) is 0 Å². The Labute approximate surface area is 158 Å². The Morgan fingerprint density at radius 3 is 2.54 bits per heavy atom. The van der Waals surface area contributed by atoms with Crippen LogP contribution in [0.5, 0.6) is 11.8 Å². The van der Waals surface area contributed by atoms with Crippen LogP contribution in [0.1, 0.15) is 23.5 Å². The summed E-state index contributed by atoms with van der Waals surface area (Å²) in [4.78, 5) is 11.4. The van der Waals surface area contributed by atoms with Crippen molar-refractivity contribution in [2.24, 2.45) is 0 Å². The summed E-state index contributed by atoms with van der Waals surface area (Å²) >= 11 is 0.643. The molecule has 3 aromatic heterocycles. The molecule has 0 atom stereocenters. The molecule has 150 valence electrons. The van der Waals surface area contributed by atoms with Crippen molar-refractivity contribution >= 4 is 11.3 Å². The van der Waals surface area contributed by atoms with Gasteiger partial charge in [-0.15, -0.1) is 11.3 Å². The molecule has 3 heterocycles. The largest absolute Gasteiger partial charge is 0.491 e. The molecule has 0 aliphatic heterocycles. The molecule has 0 unspecified atom stereocenters. The Bertz CT molecular complexity index is 953. The van der Waals surface area contributed by atoms with Crippen molar-refractivity contribution in [2.45, 2.75) is 30.8 Å². The Balaban J connectivity index is 0.00000225. The molecule has 1 saturated carbocycles. The molecule has 28 heavy (non-hydrogen) atoms. The summed E-state index contributed by atoms with van der Waals surface area (Å²) in [5.41, 5.74) is -2.72. The SMILES string of the molecule is N.Oc1cc(-c2cnc(O[C@H]3C[C@@](F)(c4nc(C(F)(F)F)cs4)C3)cn2)on1. The first-order chi connectivity index (χ1) is 12.7. The Morgan fingerprint density at radius 2 is 2.00 bits per heavy atom. The molecule has 0 aromatic carbocycles. The number of ether oxygens (including phenoxy) is 1. The van der Waals surface area contributed by atoms with Gasteiger partial charge in [-0.25, -0.2) is 19.3 Å². The number of aromatic hydroxyl groups is 1. The van der Waals surface area contributed by atoms with Gasteiger partial charge in [0.25, 0.3) is 5.88 Å². The molecule has 0 bridgehead atoms. The summed E-state index contributed by atoms with van der Waals surface area (Å²) in [5.74, 6) is 0.0450. The molecule has 13 heteroatoms. The third kappa shape index (κ3) is 3.75. The predicted molar refractivity (Wildman–Crippen MR) is 87.8 cm³/mol. The quantitative estimate of drug-likeness (QED) is 0.610. The average molecular weight is 419 g/mol. The molecule has 3 aromatic rings. The van der Waals surface area contributed by atoms with Gasteiger partial charge >= 0.3 is 6.18 Å². The second-order valence-electron chi connectivity index (χ2n) is 5.94. The molecular weight excluding hydrogens is 406 g/mol. The van der Waals surface area contributed by atoms with E-state index in [4.69, 9.17) is 14.4 Å². The molecule has 1 aliphatic carbocycles. The van der Waals surface area contributed by atoms with E-state index in [1.165, 1.54) is 18.5 Å². The molecule has 1 aliphatic rings. The highest BCUT2D eigenvalue weighted by molar-refractivity contribution is 7.09. The zero-order valence-electron chi connectivity index (χ0n) is 14.0. The summed E-state index contributed by atoms with van der Waals surface area (Å²) in [7, 11) is 0. The maximum Gasteiger partial charge on any atom is 0.434 e. The standard InChI is InChI=1S/C15H10F4N4O3S.H3N/c16-14(13-22-10(6-27-13)15(17,18)19)2-7(3-14)25-12-5-20-8(4-21-12)9-1-11(24)23-26-9;/h1,4-7H,2-3H2,(H,23,24);1H3/t7-,14-;. The zero-order valence-corrected chi connectivity index (χ0v) is 14.8. The normalized spacial score (nSPS) is 21.6. The molecule has 1 fully saturated rings. The number of thiazole rings is 1. The van der Waals surface area contributed by atoms with Crippen LogP contribution in [0.3, 0.4) is 0 Å². The van der Waals surface area contributed by atoms with E-state index in [0.717, 1.165) is 5.38 Å². The number of hydrogen-bond acceptors (Lipinski definition) is 9. The summed E-state index contributed by atoms with van der Waals surface area (Å²) < 4.78 is 62.8. The highest BCUT2D eigenvalue weighted by atomic mass is 32.1. The fourth-order valence-corrected chi connectivity index (χ4v) is 3.53. The molecule has 0 saturated heterocycles. The number of aromatic nitrogens is 4. The van der Waals surface area contributed by atoms with Crippen molar-refractivity contribution in [1.82, 2.24) is 26.3 Å². The van der Waals surface area contributed by atoms with E-state index in [2.05, 4.69) is 20.1 Å². The third-order valence-corrected chi connectivity index (χ3v) is 4.97. The Morgan fingerprint density at radius 1 is 1.25 bits per heavy atom. The summed E-state index contributed by atoms with van der Waals surface area (Å²) in [6, 6.07) is 1.26. The Hall–Kier alpha value is -2.80. The van der Waals surface area contributed by atoms with Gasteiger partial charge in [0.2, 0.25) is 5.88 Å². The fraction of sp³-hybridized carbons (Fsp3) is 0.333. The van der Waals surface area contributed by atoms with Gasteiger partial charge in [0.05, 0.1) is 18.5 Å². The first-order valence-electron chi connectivity index (χ1n) is 7.60. The lowest BCUT2D eigenvalue weighted by Crippen LogP contribution is -2.44. The summed E-state index contributed by atoms with van der Waals surface area (Å²) in [6.45, 7) is 0. The minimum atomic E-state index is -4.59. The van der Waals surface area contributed by atoms with E-state index < -0.39 is 23.6 Å². The maximum absolute atomic E-state index is 14.7. The first-order valence-corrected chi connectivity index (χ1v) is 8.48. The van der Waals surface area contributed by atoms with Crippen LogP contribution in [-0.2, 0) is 11.8 Å². The lowest BCUT2D eigenvalue weighted by atomic mass is 9.79. The van der Waals surface area contributed by atoms with Gasteiger partial charge in [-0.1, -0.05) is 0 Å². The van der Waals surface area contributed by atoms with E-state index in [1.54, 1.807) is 0 Å². The molecular formula is C15H13F4N5O3S. The first kappa shape index (κ1) is 19.9. The Kier molecular flexibility index (Phi) is 4.97. The average Bonchev–Trinajstić information content (AvgIpc) is 3.23. The number of nitrogens with zero attached hydrogens (tertiary/aromatic N) is 4. The van der Waals surface area contributed by atoms with Crippen LogP contribution in [0.25, 0.3) is 11.5 Å². The summed E-state index contributed by atoms with van der Waals surface area (Å²) in [6.07, 6.45) is -2.79. The topological polar surface area (TPSA) is 129 Å². The molecule has 0 radical (unpaired) electrons. The molecule has 8 nitrogen and oxygen atoms in total. The molecule has 0 amide bonds.